The van der Waals surface area contributed by atoms with Crippen LogP contribution in [0.4, 0.5) is 10.1 Å². The molecule has 0 unspecified atom stereocenters. The van der Waals surface area contributed by atoms with Crippen LogP contribution in [0.3, 0.4) is 0 Å². The maximum absolute atomic E-state index is 13.0. The maximum atomic E-state index is 13.0. The van der Waals surface area contributed by atoms with Crippen LogP contribution < -0.4 is 5.32 Å². The lowest BCUT2D eigenvalue weighted by atomic mass is 10.2. The van der Waals surface area contributed by atoms with E-state index in [4.69, 9.17) is 0 Å². The van der Waals surface area contributed by atoms with E-state index in [1.54, 1.807) is 12.4 Å². The summed E-state index contributed by atoms with van der Waals surface area (Å²) in [4.78, 5) is 4.22. The molecular weight excluding hydrogens is 231 g/mol. The van der Waals surface area contributed by atoms with Gasteiger partial charge < -0.3 is 5.32 Å². The van der Waals surface area contributed by atoms with Crippen LogP contribution in [-0.2, 0) is 6.54 Å². The second kappa shape index (κ2) is 5.16. The number of aromatic nitrogens is 3. The van der Waals surface area contributed by atoms with Gasteiger partial charge in [0, 0.05) is 11.7 Å². The molecule has 1 heterocycles. The zero-order valence-electron chi connectivity index (χ0n) is 10.8. The van der Waals surface area contributed by atoms with Crippen molar-refractivity contribution in [3.05, 3.63) is 41.7 Å². The van der Waals surface area contributed by atoms with E-state index >= 15 is 0 Å². The van der Waals surface area contributed by atoms with E-state index in [0.29, 0.717) is 6.54 Å². The Hall–Kier alpha value is -1.91. The largest absolute Gasteiger partial charge is 0.378 e. The summed E-state index contributed by atoms with van der Waals surface area (Å²) >= 11 is 0. The summed E-state index contributed by atoms with van der Waals surface area (Å²) in [5, 5.41) is 7.42. The Morgan fingerprint density at radius 1 is 1.39 bits per heavy atom. The highest BCUT2D eigenvalue weighted by molar-refractivity contribution is 5.50. The highest BCUT2D eigenvalue weighted by Crippen LogP contribution is 2.16. The van der Waals surface area contributed by atoms with Gasteiger partial charge >= 0.3 is 0 Å². The normalized spacial score (nSPS) is 10.9. The molecule has 0 aliphatic heterocycles. The monoisotopic (exact) mass is 248 g/mol. The fraction of sp³-hybridized carbons (Fsp3) is 0.385. The molecule has 1 aromatic carbocycles. The first-order chi connectivity index (χ1) is 8.58. The molecular formula is C13H17FN4. The summed E-state index contributed by atoms with van der Waals surface area (Å²) < 4.78 is 14.8. The molecule has 0 saturated heterocycles. The fourth-order valence-corrected chi connectivity index (χ4v) is 1.83. The van der Waals surface area contributed by atoms with Crippen molar-refractivity contribution in [1.29, 1.82) is 0 Å². The number of hydrogen-bond acceptors (Lipinski definition) is 3. The Morgan fingerprint density at radius 2 is 2.17 bits per heavy atom. The zero-order chi connectivity index (χ0) is 13.1. The van der Waals surface area contributed by atoms with E-state index < -0.39 is 0 Å². The molecule has 0 saturated carbocycles. The molecule has 0 aliphatic carbocycles. The average Bonchev–Trinajstić information content (AvgIpc) is 2.76. The minimum Gasteiger partial charge on any atom is -0.378 e. The van der Waals surface area contributed by atoms with E-state index in [1.165, 1.54) is 12.1 Å². The van der Waals surface area contributed by atoms with Crippen LogP contribution in [0.5, 0.6) is 0 Å². The quantitative estimate of drug-likeness (QED) is 0.904. The van der Waals surface area contributed by atoms with Crippen LogP contribution in [0.15, 0.2) is 24.5 Å². The molecule has 0 aliphatic rings. The molecule has 1 aromatic heterocycles. The Bertz CT molecular complexity index is 534. The number of anilines is 1. The number of halogens is 1. The first kappa shape index (κ1) is 12.5. The van der Waals surface area contributed by atoms with E-state index in [9.17, 15) is 4.39 Å². The van der Waals surface area contributed by atoms with Crippen molar-refractivity contribution < 1.29 is 4.39 Å². The minimum atomic E-state index is -0.219. The van der Waals surface area contributed by atoms with Crippen LogP contribution in [-0.4, -0.2) is 14.8 Å². The number of rotatable bonds is 4. The van der Waals surface area contributed by atoms with Crippen molar-refractivity contribution in [2.45, 2.75) is 33.4 Å². The van der Waals surface area contributed by atoms with Crippen LogP contribution in [0.1, 0.15) is 31.3 Å². The summed E-state index contributed by atoms with van der Waals surface area (Å²) in [5.74, 6) is 0.650. The molecule has 2 aromatic rings. The van der Waals surface area contributed by atoms with Crippen molar-refractivity contribution in [3.8, 4) is 0 Å². The molecule has 2 rings (SSSR count). The summed E-state index contributed by atoms with van der Waals surface area (Å²) in [6.45, 7) is 6.56. The molecule has 0 atom stereocenters. The van der Waals surface area contributed by atoms with Gasteiger partial charge in [-0.1, -0.05) is 0 Å². The fourth-order valence-electron chi connectivity index (χ4n) is 1.83. The van der Waals surface area contributed by atoms with Crippen molar-refractivity contribution in [1.82, 2.24) is 14.8 Å². The Morgan fingerprint density at radius 3 is 2.83 bits per heavy atom. The number of hydrogen-bond donors (Lipinski definition) is 1. The van der Waals surface area contributed by atoms with Gasteiger partial charge in [0.05, 0.1) is 6.54 Å². The van der Waals surface area contributed by atoms with Crippen LogP contribution in [0.25, 0.3) is 0 Å². The molecule has 0 radical (unpaired) electrons. The third-order valence-corrected chi connectivity index (χ3v) is 2.76. The topological polar surface area (TPSA) is 42.7 Å². The van der Waals surface area contributed by atoms with Crippen molar-refractivity contribution in [2.75, 3.05) is 5.32 Å². The summed E-state index contributed by atoms with van der Waals surface area (Å²) in [7, 11) is 0. The predicted octanol–water partition coefficient (Wildman–Crippen LogP) is 2.92. The van der Waals surface area contributed by atoms with Gasteiger partial charge in [-0.2, -0.15) is 5.10 Å². The van der Waals surface area contributed by atoms with Gasteiger partial charge in [0.1, 0.15) is 18.0 Å². The molecule has 1 N–H and O–H groups in total. The third-order valence-electron chi connectivity index (χ3n) is 2.76. The van der Waals surface area contributed by atoms with Gasteiger partial charge in [-0.3, -0.25) is 0 Å². The van der Waals surface area contributed by atoms with Gasteiger partial charge in [0.25, 0.3) is 0 Å². The Balaban J connectivity index is 2.09. The second-order valence-corrected chi connectivity index (χ2v) is 4.53. The molecule has 18 heavy (non-hydrogen) atoms. The second-order valence-electron chi connectivity index (χ2n) is 4.53. The van der Waals surface area contributed by atoms with E-state index in [2.05, 4.69) is 29.2 Å². The minimum absolute atomic E-state index is 0.219. The summed E-state index contributed by atoms with van der Waals surface area (Å²) in [5.41, 5.74) is 1.79. The smallest absolute Gasteiger partial charge is 0.146 e. The SMILES string of the molecule is Cc1cc(F)ccc1NCc1ncnn1C(C)C. The molecule has 0 spiro atoms. The van der Waals surface area contributed by atoms with Crippen LogP contribution in [0, 0.1) is 12.7 Å². The summed E-state index contributed by atoms with van der Waals surface area (Å²) in [6.07, 6.45) is 1.55. The van der Waals surface area contributed by atoms with Gasteiger partial charge in [0.2, 0.25) is 0 Å². The van der Waals surface area contributed by atoms with E-state index in [0.717, 1.165) is 17.1 Å². The molecule has 0 fully saturated rings. The Kier molecular flexibility index (Phi) is 3.60. The predicted molar refractivity (Wildman–Crippen MR) is 68.9 cm³/mol. The van der Waals surface area contributed by atoms with Crippen LogP contribution in [0.2, 0.25) is 0 Å². The lowest BCUT2D eigenvalue weighted by Crippen LogP contribution is -2.12. The maximum Gasteiger partial charge on any atom is 0.146 e. The molecule has 5 heteroatoms. The lowest BCUT2D eigenvalue weighted by Gasteiger charge is -2.12. The van der Waals surface area contributed by atoms with Crippen molar-refractivity contribution in [3.63, 3.8) is 0 Å². The molecule has 0 amide bonds. The molecule has 0 bridgehead atoms. The lowest BCUT2D eigenvalue weighted by molar-refractivity contribution is 0.509. The molecule has 4 nitrogen and oxygen atoms in total. The van der Waals surface area contributed by atoms with Crippen molar-refractivity contribution in [2.24, 2.45) is 0 Å². The van der Waals surface area contributed by atoms with Crippen LogP contribution >= 0.6 is 0 Å². The zero-order valence-corrected chi connectivity index (χ0v) is 10.8. The third kappa shape index (κ3) is 2.67. The average molecular weight is 248 g/mol. The Labute approximate surface area is 106 Å². The molecule has 96 valence electrons. The van der Waals surface area contributed by atoms with E-state index in [1.807, 2.05) is 11.6 Å². The highest BCUT2D eigenvalue weighted by Gasteiger charge is 2.07. The van der Waals surface area contributed by atoms with E-state index in [-0.39, 0.29) is 11.9 Å². The highest BCUT2D eigenvalue weighted by atomic mass is 19.1. The van der Waals surface area contributed by atoms with Gasteiger partial charge in [-0.15, -0.1) is 0 Å². The summed E-state index contributed by atoms with van der Waals surface area (Å²) in [6, 6.07) is 4.97. The number of nitrogens with one attached hydrogen (secondary N) is 1. The number of nitrogens with zero attached hydrogens (tertiary/aromatic N) is 3. The van der Waals surface area contributed by atoms with Gasteiger partial charge in [0.15, 0.2) is 0 Å². The standard InChI is InChI=1S/C13H17FN4/c1-9(2)18-13(16-8-17-18)7-15-12-5-4-11(14)6-10(12)3/h4-6,8-9,15H,7H2,1-3H3. The van der Waals surface area contributed by atoms with Gasteiger partial charge in [-0.25, -0.2) is 14.1 Å². The number of benzene rings is 1. The number of aryl methyl sites for hydroxylation is 1. The first-order valence-corrected chi connectivity index (χ1v) is 5.96. The van der Waals surface area contributed by atoms with Crippen molar-refractivity contribution >= 4 is 5.69 Å². The first-order valence-electron chi connectivity index (χ1n) is 5.96. The van der Waals surface area contributed by atoms with Gasteiger partial charge in [-0.05, 0) is 44.5 Å².